The van der Waals surface area contributed by atoms with Gasteiger partial charge in [0, 0.05) is 10.9 Å². The molecule has 0 fully saturated rings. The Morgan fingerprint density at radius 2 is 1.91 bits per heavy atom. The number of nitrogens with zero attached hydrogens (tertiary/aromatic N) is 4. The van der Waals surface area contributed by atoms with Crippen molar-refractivity contribution in [1.82, 2.24) is 9.55 Å². The van der Waals surface area contributed by atoms with E-state index in [1.807, 2.05) is 48.5 Å². The van der Waals surface area contributed by atoms with Gasteiger partial charge in [0.25, 0.3) is 0 Å². The summed E-state index contributed by atoms with van der Waals surface area (Å²) in [5.74, 6) is 1.14. The zero-order valence-corrected chi connectivity index (χ0v) is 20.8. The minimum Gasteiger partial charge on any atom is -0.390 e. The van der Waals surface area contributed by atoms with E-state index in [-0.39, 0.29) is 11.9 Å². The summed E-state index contributed by atoms with van der Waals surface area (Å²) in [6.45, 7) is 6.17. The summed E-state index contributed by atoms with van der Waals surface area (Å²) in [6, 6.07) is 16.9. The second-order valence-electron chi connectivity index (χ2n) is 8.36. The molecule has 0 saturated carbocycles. The van der Waals surface area contributed by atoms with Gasteiger partial charge >= 0.3 is 0 Å². The number of fused-ring (bicyclic) bond motifs is 5. The van der Waals surface area contributed by atoms with Crippen molar-refractivity contribution in [1.29, 1.82) is 0 Å². The molecular formula is C26H24ClFN5P. The van der Waals surface area contributed by atoms with Crippen LogP contribution < -0.4 is 11.0 Å². The van der Waals surface area contributed by atoms with E-state index < -0.39 is 7.92 Å². The third kappa shape index (κ3) is 3.71. The normalized spacial score (nSPS) is 15.5. The molecule has 4 aromatic rings. The maximum absolute atomic E-state index is 14.8. The van der Waals surface area contributed by atoms with Gasteiger partial charge in [-0.25, -0.2) is 14.4 Å². The van der Waals surface area contributed by atoms with E-state index in [2.05, 4.69) is 29.8 Å². The largest absolute Gasteiger partial charge is 0.390 e. The highest BCUT2D eigenvalue weighted by Crippen LogP contribution is 2.38. The van der Waals surface area contributed by atoms with E-state index in [0.717, 1.165) is 51.0 Å². The highest BCUT2D eigenvalue weighted by molar-refractivity contribution is 7.64. The topological polar surface area (TPSA) is 68.6 Å². The third-order valence-corrected chi connectivity index (χ3v) is 7.69. The molecule has 5 rings (SSSR count). The Morgan fingerprint density at radius 1 is 1.15 bits per heavy atom. The number of aliphatic imine (C=N–C) groups is 2. The molecule has 1 unspecified atom stereocenters. The SMILES string of the molecule is CCC1N=C(N=CN)c2cccc(Cl)c2-n2c1nc1ccc(-c3ccc(P(C)C)c(F)c3)cc12. The maximum atomic E-state index is 14.8. The smallest absolute Gasteiger partial charge is 0.159 e. The molecule has 1 aliphatic heterocycles. The van der Waals surface area contributed by atoms with Crippen LogP contribution >= 0.6 is 19.5 Å². The molecule has 3 aromatic carbocycles. The van der Waals surface area contributed by atoms with Gasteiger partial charge in [0.05, 0.1) is 28.1 Å². The monoisotopic (exact) mass is 491 g/mol. The number of hydrogen-bond donors (Lipinski definition) is 1. The van der Waals surface area contributed by atoms with Crippen LogP contribution in [0.2, 0.25) is 5.02 Å². The van der Waals surface area contributed by atoms with E-state index in [0.29, 0.717) is 10.9 Å². The third-order valence-electron chi connectivity index (χ3n) is 6.05. The summed E-state index contributed by atoms with van der Waals surface area (Å²) < 4.78 is 16.8. The van der Waals surface area contributed by atoms with Gasteiger partial charge in [-0.2, -0.15) is 0 Å². The van der Waals surface area contributed by atoms with E-state index >= 15 is 0 Å². The van der Waals surface area contributed by atoms with Crippen LogP contribution in [0.25, 0.3) is 27.8 Å². The van der Waals surface area contributed by atoms with Crippen LogP contribution in [-0.2, 0) is 0 Å². The summed E-state index contributed by atoms with van der Waals surface area (Å²) in [5, 5.41) is 1.34. The van der Waals surface area contributed by atoms with Crippen LogP contribution in [0.3, 0.4) is 0 Å². The number of amidine groups is 1. The van der Waals surface area contributed by atoms with E-state index in [4.69, 9.17) is 27.3 Å². The molecule has 0 saturated heterocycles. The molecule has 0 amide bonds. The number of halogens is 2. The van der Waals surface area contributed by atoms with Crippen LogP contribution in [0, 0.1) is 5.82 Å². The molecular weight excluding hydrogens is 468 g/mol. The zero-order chi connectivity index (χ0) is 24.0. The van der Waals surface area contributed by atoms with Crippen molar-refractivity contribution < 1.29 is 4.39 Å². The predicted molar refractivity (Wildman–Crippen MR) is 142 cm³/mol. The molecule has 0 aliphatic carbocycles. The number of nitrogens with two attached hydrogens (primary N) is 1. The van der Waals surface area contributed by atoms with Crippen LogP contribution in [-0.4, -0.2) is 35.1 Å². The van der Waals surface area contributed by atoms with Gasteiger partial charge in [0.15, 0.2) is 5.84 Å². The van der Waals surface area contributed by atoms with Gasteiger partial charge in [-0.05, 0) is 61.2 Å². The molecule has 172 valence electrons. The maximum Gasteiger partial charge on any atom is 0.159 e. The Hall–Kier alpha value is -3.08. The van der Waals surface area contributed by atoms with Crippen molar-refractivity contribution in [3.05, 3.63) is 76.8 Å². The molecule has 0 radical (unpaired) electrons. The number of para-hydroxylation sites is 1. The highest BCUT2D eigenvalue weighted by atomic mass is 35.5. The minimum atomic E-state index is -0.512. The minimum absolute atomic E-state index is 0.169. The number of hydrogen-bond acceptors (Lipinski definition) is 3. The van der Waals surface area contributed by atoms with Crippen molar-refractivity contribution in [2.45, 2.75) is 19.4 Å². The molecule has 1 aromatic heterocycles. The predicted octanol–water partition coefficient (Wildman–Crippen LogP) is 6.05. The van der Waals surface area contributed by atoms with Gasteiger partial charge in [-0.3, -0.25) is 9.56 Å². The lowest BCUT2D eigenvalue weighted by molar-refractivity contribution is 0.636. The first-order valence-electron chi connectivity index (χ1n) is 11.0. The van der Waals surface area contributed by atoms with Crippen LogP contribution in [0.5, 0.6) is 0 Å². The summed E-state index contributed by atoms with van der Waals surface area (Å²) in [5.41, 5.74) is 10.6. The van der Waals surface area contributed by atoms with E-state index in [1.54, 1.807) is 6.07 Å². The zero-order valence-electron chi connectivity index (χ0n) is 19.1. The second-order valence-corrected chi connectivity index (χ2v) is 11.0. The molecule has 2 heterocycles. The first kappa shape index (κ1) is 22.7. The number of rotatable bonds is 3. The molecule has 0 spiro atoms. The first-order chi connectivity index (χ1) is 16.4. The van der Waals surface area contributed by atoms with Crippen LogP contribution in [0.1, 0.15) is 30.8 Å². The van der Waals surface area contributed by atoms with Crippen molar-refractivity contribution in [2.75, 3.05) is 13.3 Å². The Balaban J connectivity index is 1.78. The average molecular weight is 492 g/mol. The molecule has 8 heteroatoms. The molecule has 0 bridgehead atoms. The summed E-state index contributed by atoms with van der Waals surface area (Å²) in [4.78, 5) is 14.1. The van der Waals surface area contributed by atoms with Gasteiger partial charge in [-0.1, -0.05) is 50.7 Å². The quantitative estimate of drug-likeness (QED) is 0.215. The van der Waals surface area contributed by atoms with Gasteiger partial charge in [0.1, 0.15) is 17.7 Å². The van der Waals surface area contributed by atoms with Crippen molar-refractivity contribution >= 4 is 48.0 Å². The summed E-state index contributed by atoms with van der Waals surface area (Å²) >= 11 is 6.75. The Kier molecular flexibility index (Phi) is 5.97. The molecule has 1 atom stereocenters. The number of imidazole rings is 1. The van der Waals surface area contributed by atoms with Gasteiger partial charge in [-0.15, -0.1) is 0 Å². The average Bonchev–Trinajstić information content (AvgIpc) is 3.13. The van der Waals surface area contributed by atoms with Gasteiger partial charge in [0.2, 0.25) is 0 Å². The van der Waals surface area contributed by atoms with Crippen LogP contribution in [0.15, 0.2) is 64.6 Å². The van der Waals surface area contributed by atoms with Crippen molar-refractivity contribution in [2.24, 2.45) is 15.7 Å². The van der Waals surface area contributed by atoms with Gasteiger partial charge < -0.3 is 5.73 Å². The number of aromatic nitrogens is 2. The molecule has 34 heavy (non-hydrogen) atoms. The summed E-state index contributed by atoms with van der Waals surface area (Å²) in [6.07, 6.45) is 1.98. The molecule has 1 aliphatic rings. The second kappa shape index (κ2) is 8.94. The fourth-order valence-electron chi connectivity index (χ4n) is 4.43. The molecule has 2 N–H and O–H groups in total. The number of benzene rings is 3. The standard InChI is InChI=1S/C26H24ClFN5P/c1-4-20-26-32-21-10-8-16(15-9-11-23(34(2)3)19(28)12-15)13-22(21)33(26)24-17(6-5-7-18(24)27)25(31-20)30-14-29/h5-14,20H,4H2,1-3H3,(H2,29,30,31). The van der Waals surface area contributed by atoms with Crippen LogP contribution in [0.4, 0.5) is 4.39 Å². The Bertz CT molecular complexity index is 1470. The highest BCUT2D eigenvalue weighted by Gasteiger charge is 2.28. The Morgan fingerprint density at radius 3 is 2.62 bits per heavy atom. The fourth-order valence-corrected chi connectivity index (χ4v) is 5.55. The molecule has 5 nitrogen and oxygen atoms in total. The van der Waals surface area contributed by atoms with E-state index in [9.17, 15) is 4.39 Å². The lowest BCUT2D eigenvalue weighted by Gasteiger charge is -2.14. The lowest BCUT2D eigenvalue weighted by atomic mass is 10.0. The van der Waals surface area contributed by atoms with Crippen molar-refractivity contribution in [3.63, 3.8) is 0 Å². The fraction of sp³-hybridized carbons (Fsp3) is 0.192. The lowest BCUT2D eigenvalue weighted by Crippen LogP contribution is -2.06. The van der Waals surface area contributed by atoms with Crippen molar-refractivity contribution in [3.8, 4) is 16.8 Å². The first-order valence-corrected chi connectivity index (χ1v) is 13.6. The van der Waals surface area contributed by atoms with E-state index in [1.165, 1.54) is 6.34 Å². The summed E-state index contributed by atoms with van der Waals surface area (Å²) in [7, 11) is -0.512. The Labute approximate surface area is 204 Å².